The summed E-state index contributed by atoms with van der Waals surface area (Å²) in [5.74, 6) is -14.4. The van der Waals surface area contributed by atoms with Crippen LogP contribution in [0.1, 0.15) is 163 Å². The molecule has 7 heterocycles. The summed E-state index contributed by atoms with van der Waals surface area (Å²) >= 11 is 16.1. The summed E-state index contributed by atoms with van der Waals surface area (Å²) in [7, 11) is -3.64. The lowest BCUT2D eigenvalue weighted by atomic mass is 9.85. The van der Waals surface area contributed by atoms with E-state index in [-0.39, 0.29) is 40.7 Å². The molecule has 0 aliphatic carbocycles. The number of phenolic OH excluding ortho intramolecular Hbond substituents is 3. The maximum Gasteiger partial charge on any atom is 0.344 e. The van der Waals surface area contributed by atoms with Crippen molar-refractivity contribution < 1.29 is 127 Å². The lowest BCUT2D eigenvalue weighted by molar-refractivity contribution is -0.334. The number of carbonyl (C=O) groups excluding carboxylic acids is 8. The minimum Gasteiger partial charge on any atom is -0.508 e. The van der Waals surface area contributed by atoms with Gasteiger partial charge in [-0.05, 0) is 128 Å². The van der Waals surface area contributed by atoms with Crippen molar-refractivity contribution in [3.8, 4) is 57.1 Å². The normalized spacial score (nSPS) is 26.9. The van der Waals surface area contributed by atoms with E-state index in [2.05, 4.69) is 49.5 Å². The predicted octanol–water partition coefficient (Wildman–Crippen LogP) is 3.78. The number of hydrogen-bond acceptors (Lipinski definition) is 27. The highest BCUT2D eigenvalue weighted by Crippen LogP contribution is 2.50. The molecule has 650 valence electrons. The Morgan fingerprint density at radius 1 is 0.706 bits per heavy atom. The molecule has 0 saturated carbocycles. The van der Waals surface area contributed by atoms with Crippen molar-refractivity contribution >= 4 is 89.8 Å². The number of nitrogens with two attached hydrogens (primary N) is 1. The van der Waals surface area contributed by atoms with Crippen LogP contribution in [0.4, 0.5) is 0 Å². The molecule has 5 aromatic rings. The lowest BCUT2D eigenvalue weighted by Gasteiger charge is -2.48. The van der Waals surface area contributed by atoms with Crippen molar-refractivity contribution in [3.05, 3.63) is 117 Å². The van der Waals surface area contributed by atoms with Gasteiger partial charge >= 0.3 is 7.60 Å². The van der Waals surface area contributed by atoms with Crippen LogP contribution in [0.25, 0.3) is 11.1 Å². The molecule has 0 unspecified atom stereocenters. The summed E-state index contributed by atoms with van der Waals surface area (Å²) in [5, 5.41) is 128. The molecule has 5 aromatic carbocycles. The Balaban J connectivity index is 1.16. The summed E-state index contributed by atoms with van der Waals surface area (Å²) < 4.78 is 51.7. The van der Waals surface area contributed by atoms with Crippen molar-refractivity contribution in [3.63, 3.8) is 0 Å². The number of thioether (sulfide) groups is 1. The largest absolute Gasteiger partial charge is 0.508 e. The topological polar surface area (TPSA) is 566 Å². The molecule has 8 amide bonds. The fraction of sp³-hybridized carbons (Fsp3) is 0.519. The molecule has 12 rings (SSSR count). The lowest BCUT2D eigenvalue weighted by Crippen LogP contribution is -2.65. The predicted molar refractivity (Wildman–Crippen MR) is 430 cm³/mol. The van der Waals surface area contributed by atoms with E-state index in [0.717, 1.165) is 91.7 Å². The summed E-state index contributed by atoms with van der Waals surface area (Å²) in [6.45, 7) is 8.64. The van der Waals surface area contributed by atoms with E-state index >= 15 is 19.2 Å². The molecule has 18 atom stereocenters. The molecular weight excluding hydrogens is 1640 g/mol. The van der Waals surface area contributed by atoms with Crippen LogP contribution < -0.4 is 67.8 Å². The van der Waals surface area contributed by atoms with Crippen LogP contribution in [0, 0.1) is 5.92 Å². The van der Waals surface area contributed by atoms with Gasteiger partial charge < -0.3 is 138 Å². The standard InChI is InChI=1S/C79H103Cl2N10O26PS/c1-7-8-9-10-11-12-13-14-22-119-23-21-85-79(5)33-57(112-37(4)70(79)101)116-69-67(100)66(99)55(34-92)115-78(69)117-68-53-28-41-29-54(68)114-52-20-17-40(27-46(52)81)65(98)63-77(108)89-61(73(104)84-35-118(109,110)111)44-30-42(93)31-50(95)58(44)43-25-38(15-18-49(43)94)59(74(105)91-63)88-75(106)60(41)87-72(103)48(32-56(82)96)86-76(107)62(90-71(102)47(83-6)24-36(2)3)64(97)39-16-19-51(113-53)45(80)26-39/h15-20,25-31,36-37,47-48,55,57,59-67,69-70,78,83,85,92-95,97-101H,7-14,21-24,32-35H2,1-6H3,(H2,82,96)(H,84,104)(H,86,107)(H,87,103)(H,88,106)(H,89,108)(H,90,102)(H,91,105)(H2,109,110,111)/t37-,47+,48-,55+,57-,59+,60+,61-,62+,63-,64+,65+,66+,67-,69+,70+,78-,79-/m0/s1. The van der Waals surface area contributed by atoms with Crippen LogP contribution in [-0.4, -0.2) is 220 Å². The van der Waals surface area contributed by atoms with Gasteiger partial charge in [0.25, 0.3) is 0 Å². The molecule has 0 aromatic heterocycles. The van der Waals surface area contributed by atoms with Crippen molar-refractivity contribution in [1.29, 1.82) is 0 Å². The SMILES string of the molecule is CCCCCCCCCCSCCN[C@@]1(C)C[C@H](O[C@H]2[C@H](Oc3c4cc5cc3Oc3ccc(cc3Cl)[C@@H](O)[C@@H](NC(=O)[C@@H](CC(C)C)NC)C(=O)N[C@@H](CC(N)=O)C(=O)N[C@H]5C(=O)N[C@H]3C(=O)N[C@H](C(=O)N[C@H](C(=O)NCP(=O)(O)O)c5cc(O)cc(O)c5-c5cc3ccc5O)[C@H](O)c3ccc(c(Cl)c3)O4)O[C@H](CO)[C@@H](O)[C@@H]2O)O[C@@H](C)[C@H]1O. The minimum absolute atomic E-state index is 0.106. The Hall–Kier alpha value is -8.70. The molecule has 36 nitrogen and oxygen atoms in total. The Morgan fingerprint density at radius 2 is 1.32 bits per heavy atom. The van der Waals surface area contributed by atoms with E-state index in [1.54, 1.807) is 25.6 Å². The van der Waals surface area contributed by atoms with Crippen LogP contribution in [0.3, 0.4) is 0 Å². The van der Waals surface area contributed by atoms with Gasteiger partial charge in [0.05, 0.1) is 41.3 Å². The van der Waals surface area contributed by atoms with Gasteiger partial charge in [0.1, 0.15) is 102 Å². The highest BCUT2D eigenvalue weighted by atomic mass is 35.5. The Kier molecular flexibility index (Phi) is 31.7. The van der Waals surface area contributed by atoms with Gasteiger partial charge in [0, 0.05) is 41.5 Å². The molecule has 7 aliphatic heterocycles. The third-order valence-corrected chi connectivity index (χ3v) is 23.4. The average molecular weight is 1740 g/mol. The number of hydrogen-bond donors (Lipinski definition) is 21. The number of benzene rings is 5. The highest BCUT2D eigenvalue weighted by molar-refractivity contribution is 7.99. The van der Waals surface area contributed by atoms with Gasteiger partial charge in [0.15, 0.2) is 23.9 Å². The Bertz CT molecular complexity index is 4570. The van der Waals surface area contributed by atoms with Gasteiger partial charge in [-0.2, -0.15) is 11.8 Å². The smallest absolute Gasteiger partial charge is 0.344 e. The first-order chi connectivity index (χ1) is 56.4. The second kappa shape index (κ2) is 40.8. The first kappa shape index (κ1) is 92.6. The molecule has 0 radical (unpaired) electrons. The van der Waals surface area contributed by atoms with Crippen LogP contribution in [0.2, 0.25) is 10.0 Å². The number of ether oxygens (including phenoxy) is 6. The zero-order chi connectivity index (χ0) is 86.6. The third-order valence-electron chi connectivity index (χ3n) is 21.1. The molecule has 11 bridgehead atoms. The Labute approximate surface area is 699 Å². The summed E-state index contributed by atoms with van der Waals surface area (Å²) in [6, 6.07) is -1.02. The van der Waals surface area contributed by atoms with E-state index in [4.69, 9.17) is 57.4 Å². The Morgan fingerprint density at radius 3 is 1.93 bits per heavy atom. The van der Waals surface area contributed by atoms with E-state index in [1.165, 1.54) is 51.3 Å². The van der Waals surface area contributed by atoms with Crippen molar-refractivity contribution in [2.75, 3.05) is 38.0 Å². The number of fused-ring (bicyclic) bond motifs is 15. The number of amides is 8. The van der Waals surface area contributed by atoms with Gasteiger partial charge in [-0.25, -0.2) is 0 Å². The molecule has 2 saturated heterocycles. The van der Waals surface area contributed by atoms with E-state index in [0.29, 0.717) is 12.3 Å². The number of rotatable bonds is 28. The molecular formula is C79H103Cl2N10O26PS. The number of likely N-dealkylation sites (N-methyl/N-ethyl adjacent to an activating group) is 1. The van der Waals surface area contributed by atoms with Crippen molar-refractivity contribution in [1.82, 2.24) is 47.9 Å². The number of halogens is 2. The van der Waals surface area contributed by atoms with Crippen molar-refractivity contribution in [2.45, 2.75) is 214 Å². The zero-order valence-electron chi connectivity index (χ0n) is 65.9. The monoisotopic (exact) mass is 1740 g/mol. The highest BCUT2D eigenvalue weighted by Gasteiger charge is 2.52. The molecule has 119 heavy (non-hydrogen) atoms. The molecule has 40 heteroatoms. The third kappa shape index (κ3) is 22.9. The number of nitrogens with one attached hydrogen (secondary N) is 9. The van der Waals surface area contributed by atoms with E-state index < -0.39 is 256 Å². The first-order valence-electron chi connectivity index (χ1n) is 39.0. The quantitative estimate of drug-likeness (QED) is 0.0250. The van der Waals surface area contributed by atoms with E-state index in [9.17, 15) is 79.5 Å². The second-order valence-electron chi connectivity index (χ2n) is 30.7. The minimum atomic E-state index is -5.11. The number of aliphatic hydroxyl groups excluding tert-OH is 6. The number of unbranched alkanes of at least 4 members (excludes halogenated alkanes) is 7. The fourth-order valence-corrected chi connectivity index (χ4v) is 16.5. The summed E-state index contributed by atoms with van der Waals surface area (Å²) in [6.07, 6.45) is -10.4. The van der Waals surface area contributed by atoms with Crippen LogP contribution in [0.15, 0.2) is 78.9 Å². The summed E-state index contributed by atoms with van der Waals surface area (Å²) in [4.78, 5) is 139. The molecule has 22 N–H and O–H groups in total. The van der Waals surface area contributed by atoms with Gasteiger partial charge in [-0.15, -0.1) is 0 Å². The van der Waals surface area contributed by atoms with Crippen LogP contribution in [-0.2, 0) is 57.1 Å². The molecule has 7 aliphatic rings. The number of carbonyl (C=O) groups is 8. The fourth-order valence-electron chi connectivity index (χ4n) is 14.8. The van der Waals surface area contributed by atoms with Gasteiger partial charge in [-0.3, -0.25) is 42.9 Å². The number of aliphatic hydroxyl groups is 6. The first-order valence-corrected chi connectivity index (χ1v) is 42.7. The van der Waals surface area contributed by atoms with Crippen LogP contribution >= 0.6 is 42.6 Å². The zero-order valence-corrected chi connectivity index (χ0v) is 69.2. The van der Waals surface area contributed by atoms with Crippen molar-refractivity contribution in [2.24, 2.45) is 11.7 Å². The molecule has 0 spiro atoms. The number of primary amides is 1. The maximum absolute atomic E-state index is 16.3. The van der Waals surface area contributed by atoms with Crippen LogP contribution in [0.5, 0.6) is 46.0 Å². The van der Waals surface area contributed by atoms with Gasteiger partial charge in [-0.1, -0.05) is 107 Å². The second-order valence-corrected chi connectivity index (χ2v) is 34.4. The molecule has 2 fully saturated rings. The van der Waals surface area contributed by atoms with E-state index in [1.807, 2.05) is 19.2 Å². The maximum atomic E-state index is 16.3. The summed E-state index contributed by atoms with van der Waals surface area (Å²) in [5.41, 5.74) is 1.59. The number of phenols is 3. The van der Waals surface area contributed by atoms with Gasteiger partial charge in [0.2, 0.25) is 59.3 Å². The number of aromatic hydroxyl groups is 3. The average Bonchev–Trinajstić information content (AvgIpc) is 0.766.